The number of nitrogens with zero attached hydrogens (tertiary/aromatic N) is 1. The molecule has 1 unspecified atom stereocenters. The van der Waals surface area contributed by atoms with Gasteiger partial charge in [0.05, 0.1) is 6.10 Å². The molecule has 0 radical (unpaired) electrons. The number of carbonyl (C=O) groups is 1. The molecule has 1 aliphatic heterocycles. The van der Waals surface area contributed by atoms with Crippen molar-refractivity contribution >= 4 is 18.3 Å². The van der Waals surface area contributed by atoms with Crippen LogP contribution in [0.4, 0.5) is 0 Å². The molecule has 0 saturated carbocycles. The van der Waals surface area contributed by atoms with E-state index in [1.165, 1.54) is 0 Å². The van der Waals surface area contributed by atoms with Crippen molar-refractivity contribution in [1.29, 1.82) is 0 Å². The van der Waals surface area contributed by atoms with E-state index in [0.717, 1.165) is 39.0 Å². The highest BCUT2D eigenvalue weighted by Gasteiger charge is 2.17. The summed E-state index contributed by atoms with van der Waals surface area (Å²) in [7, 11) is 3.75. The number of likely N-dealkylation sites (N-methyl/N-ethyl adjacent to an activating group) is 2. The minimum Gasteiger partial charge on any atom is -0.378 e. The van der Waals surface area contributed by atoms with Gasteiger partial charge in [0.2, 0.25) is 5.91 Å². The fraction of sp³-hybridized carbons (Fsp3) is 0.909. The lowest BCUT2D eigenvalue weighted by Gasteiger charge is -2.17. The first-order chi connectivity index (χ1) is 7.24. The molecule has 5 heteroatoms. The Morgan fingerprint density at radius 3 is 2.88 bits per heavy atom. The van der Waals surface area contributed by atoms with Crippen molar-refractivity contribution < 1.29 is 9.53 Å². The largest absolute Gasteiger partial charge is 0.378 e. The molecule has 0 aliphatic carbocycles. The highest BCUT2D eigenvalue weighted by molar-refractivity contribution is 5.85. The predicted molar refractivity (Wildman–Crippen MR) is 67.0 cm³/mol. The van der Waals surface area contributed by atoms with E-state index in [4.69, 9.17) is 4.74 Å². The maximum absolute atomic E-state index is 11.6. The number of ether oxygens (including phenoxy) is 1. The second-order valence-electron chi connectivity index (χ2n) is 4.09. The van der Waals surface area contributed by atoms with Gasteiger partial charge in [-0.05, 0) is 26.3 Å². The first kappa shape index (κ1) is 15.7. The SMILES string of the molecule is CNCCN(C)C(=O)CCC1CCCO1.Cl. The van der Waals surface area contributed by atoms with Gasteiger partial charge >= 0.3 is 0 Å². The fourth-order valence-electron chi connectivity index (χ4n) is 1.75. The number of carbonyl (C=O) groups excluding carboxylic acids is 1. The number of rotatable bonds is 6. The van der Waals surface area contributed by atoms with Gasteiger partial charge < -0.3 is 15.0 Å². The van der Waals surface area contributed by atoms with Crippen LogP contribution in [0.1, 0.15) is 25.7 Å². The summed E-state index contributed by atoms with van der Waals surface area (Å²) in [5, 5.41) is 3.03. The first-order valence-electron chi connectivity index (χ1n) is 5.74. The molecule has 1 N–H and O–H groups in total. The van der Waals surface area contributed by atoms with Crippen LogP contribution in [0.2, 0.25) is 0 Å². The second-order valence-corrected chi connectivity index (χ2v) is 4.09. The molecular weight excluding hydrogens is 228 g/mol. The Labute approximate surface area is 104 Å². The third-order valence-electron chi connectivity index (χ3n) is 2.83. The number of amides is 1. The van der Waals surface area contributed by atoms with Gasteiger partial charge in [-0.1, -0.05) is 0 Å². The predicted octanol–water partition coefficient (Wildman–Crippen LogP) is 1.05. The average Bonchev–Trinajstić information content (AvgIpc) is 2.75. The molecule has 0 aromatic carbocycles. The summed E-state index contributed by atoms with van der Waals surface area (Å²) in [6.07, 6.45) is 4.09. The molecular formula is C11H23ClN2O2. The molecule has 0 aromatic rings. The van der Waals surface area contributed by atoms with Crippen LogP contribution in [-0.4, -0.2) is 50.7 Å². The van der Waals surface area contributed by atoms with Crippen molar-refractivity contribution in [3.05, 3.63) is 0 Å². The summed E-state index contributed by atoms with van der Waals surface area (Å²) < 4.78 is 5.48. The standard InChI is InChI=1S/C11H22N2O2.ClH/c1-12-7-8-13(2)11(14)6-5-10-4-3-9-15-10;/h10,12H,3-9H2,1-2H3;1H. The van der Waals surface area contributed by atoms with Gasteiger partial charge in [0.15, 0.2) is 0 Å². The highest BCUT2D eigenvalue weighted by Crippen LogP contribution is 2.17. The Morgan fingerprint density at radius 2 is 2.31 bits per heavy atom. The minimum absolute atomic E-state index is 0. The molecule has 1 rings (SSSR count). The third kappa shape index (κ3) is 5.68. The zero-order valence-corrected chi connectivity index (χ0v) is 11.0. The number of hydrogen-bond donors (Lipinski definition) is 1. The highest BCUT2D eigenvalue weighted by atomic mass is 35.5. The smallest absolute Gasteiger partial charge is 0.222 e. The van der Waals surface area contributed by atoms with Crippen LogP contribution in [0.15, 0.2) is 0 Å². The van der Waals surface area contributed by atoms with E-state index in [-0.39, 0.29) is 18.3 Å². The van der Waals surface area contributed by atoms with Gasteiger partial charge in [-0.3, -0.25) is 4.79 Å². The van der Waals surface area contributed by atoms with Crippen molar-refractivity contribution in [3.63, 3.8) is 0 Å². The van der Waals surface area contributed by atoms with E-state index in [2.05, 4.69) is 5.32 Å². The zero-order valence-electron chi connectivity index (χ0n) is 10.2. The molecule has 1 aliphatic rings. The average molecular weight is 251 g/mol. The van der Waals surface area contributed by atoms with Crippen LogP contribution < -0.4 is 5.32 Å². The van der Waals surface area contributed by atoms with Crippen LogP contribution in [0.5, 0.6) is 0 Å². The number of hydrogen-bond acceptors (Lipinski definition) is 3. The van der Waals surface area contributed by atoms with Crippen molar-refractivity contribution in [3.8, 4) is 0 Å². The molecule has 16 heavy (non-hydrogen) atoms. The monoisotopic (exact) mass is 250 g/mol. The molecule has 1 heterocycles. The van der Waals surface area contributed by atoms with Gasteiger partial charge in [-0.15, -0.1) is 12.4 Å². The van der Waals surface area contributed by atoms with E-state index in [9.17, 15) is 4.79 Å². The lowest BCUT2D eigenvalue weighted by atomic mass is 10.1. The van der Waals surface area contributed by atoms with Crippen LogP contribution in [0, 0.1) is 0 Å². The van der Waals surface area contributed by atoms with E-state index in [1.807, 2.05) is 14.1 Å². The lowest BCUT2D eigenvalue weighted by molar-refractivity contribution is -0.130. The van der Waals surface area contributed by atoms with Crippen LogP contribution in [0.25, 0.3) is 0 Å². The van der Waals surface area contributed by atoms with Crippen molar-refractivity contribution in [2.75, 3.05) is 33.8 Å². The first-order valence-corrected chi connectivity index (χ1v) is 5.74. The molecule has 0 spiro atoms. The maximum Gasteiger partial charge on any atom is 0.222 e. The molecule has 1 fully saturated rings. The van der Waals surface area contributed by atoms with Crippen molar-refractivity contribution in [2.45, 2.75) is 31.8 Å². The van der Waals surface area contributed by atoms with E-state index >= 15 is 0 Å². The maximum atomic E-state index is 11.6. The Bertz CT molecular complexity index is 196. The topological polar surface area (TPSA) is 41.6 Å². The molecule has 0 bridgehead atoms. The van der Waals surface area contributed by atoms with Crippen molar-refractivity contribution in [1.82, 2.24) is 10.2 Å². The molecule has 1 atom stereocenters. The molecule has 0 aromatic heterocycles. The Balaban J connectivity index is 0.00000225. The fourth-order valence-corrected chi connectivity index (χ4v) is 1.75. The zero-order chi connectivity index (χ0) is 11.1. The number of halogens is 1. The van der Waals surface area contributed by atoms with Gasteiger partial charge in [-0.25, -0.2) is 0 Å². The third-order valence-corrected chi connectivity index (χ3v) is 2.83. The Hall–Kier alpha value is -0.320. The van der Waals surface area contributed by atoms with Gasteiger partial charge in [0.1, 0.15) is 0 Å². The summed E-state index contributed by atoms with van der Waals surface area (Å²) in [6, 6.07) is 0. The van der Waals surface area contributed by atoms with Crippen molar-refractivity contribution in [2.24, 2.45) is 0 Å². The van der Waals surface area contributed by atoms with E-state index < -0.39 is 0 Å². The minimum atomic E-state index is 0. The van der Waals surface area contributed by atoms with Crippen LogP contribution in [-0.2, 0) is 9.53 Å². The molecule has 96 valence electrons. The summed E-state index contributed by atoms with van der Waals surface area (Å²) in [5.41, 5.74) is 0. The normalized spacial score (nSPS) is 19.2. The second kappa shape index (κ2) is 8.79. The van der Waals surface area contributed by atoms with E-state index in [0.29, 0.717) is 12.5 Å². The Morgan fingerprint density at radius 1 is 1.56 bits per heavy atom. The van der Waals surface area contributed by atoms with Gasteiger partial charge in [-0.2, -0.15) is 0 Å². The van der Waals surface area contributed by atoms with Gasteiger partial charge in [0.25, 0.3) is 0 Å². The summed E-state index contributed by atoms with van der Waals surface area (Å²) >= 11 is 0. The van der Waals surface area contributed by atoms with Crippen LogP contribution >= 0.6 is 12.4 Å². The summed E-state index contributed by atoms with van der Waals surface area (Å²) in [6.45, 7) is 2.50. The number of nitrogens with one attached hydrogen (secondary N) is 1. The molecule has 1 amide bonds. The van der Waals surface area contributed by atoms with Gasteiger partial charge in [0, 0.05) is 33.2 Å². The quantitative estimate of drug-likeness (QED) is 0.766. The summed E-state index contributed by atoms with van der Waals surface area (Å²) in [5.74, 6) is 0.223. The molecule has 4 nitrogen and oxygen atoms in total. The van der Waals surface area contributed by atoms with Crippen LogP contribution in [0.3, 0.4) is 0 Å². The van der Waals surface area contributed by atoms with E-state index in [1.54, 1.807) is 4.90 Å². The lowest BCUT2D eigenvalue weighted by Crippen LogP contribution is -2.33. The molecule has 1 saturated heterocycles. The Kier molecular flexibility index (Phi) is 8.61. The summed E-state index contributed by atoms with van der Waals surface area (Å²) in [4.78, 5) is 13.4.